The first-order chi connectivity index (χ1) is 9.63. The molecule has 0 N–H and O–H groups in total. The summed E-state index contributed by atoms with van der Waals surface area (Å²) < 4.78 is 7.77. The van der Waals surface area contributed by atoms with Gasteiger partial charge in [0.25, 0.3) is 0 Å². The van der Waals surface area contributed by atoms with Gasteiger partial charge >= 0.3 is 0 Å². The molecule has 1 aromatic carbocycles. The third-order valence-electron chi connectivity index (χ3n) is 3.08. The fraction of sp³-hybridized carbons (Fsp3) is 0.250. The van der Waals surface area contributed by atoms with Crippen LogP contribution in [0.25, 0.3) is 16.9 Å². The van der Waals surface area contributed by atoms with E-state index in [0.717, 1.165) is 28.3 Å². The molecule has 0 radical (unpaired) electrons. The first-order valence-corrected chi connectivity index (χ1v) is 6.70. The molecule has 3 rings (SSSR count). The molecular weight excluding hydrogens is 250 g/mol. The maximum absolute atomic E-state index is 5.73. The predicted molar refractivity (Wildman–Crippen MR) is 78.9 cm³/mol. The van der Waals surface area contributed by atoms with Gasteiger partial charge in [-0.1, -0.05) is 12.1 Å². The molecule has 4 nitrogen and oxygen atoms in total. The van der Waals surface area contributed by atoms with Gasteiger partial charge < -0.3 is 9.14 Å². The zero-order valence-corrected chi connectivity index (χ0v) is 11.9. The van der Waals surface area contributed by atoms with Crippen LogP contribution in [0.15, 0.2) is 42.9 Å². The smallest absolute Gasteiger partial charge is 0.155 e. The lowest BCUT2D eigenvalue weighted by atomic mass is 10.1. The highest BCUT2D eigenvalue weighted by Crippen LogP contribution is 2.23. The van der Waals surface area contributed by atoms with Gasteiger partial charge in [-0.25, -0.2) is 4.98 Å². The lowest BCUT2D eigenvalue weighted by Crippen LogP contribution is -2.05. The van der Waals surface area contributed by atoms with Crippen LogP contribution in [0.5, 0.6) is 5.75 Å². The van der Waals surface area contributed by atoms with E-state index in [1.165, 1.54) is 0 Å². The number of aryl methyl sites for hydroxylation is 1. The van der Waals surface area contributed by atoms with Crippen molar-refractivity contribution in [2.45, 2.75) is 26.9 Å². The summed E-state index contributed by atoms with van der Waals surface area (Å²) >= 11 is 0. The average molecular weight is 267 g/mol. The molecule has 0 amide bonds. The van der Waals surface area contributed by atoms with E-state index in [2.05, 4.69) is 9.97 Å². The summed E-state index contributed by atoms with van der Waals surface area (Å²) in [6, 6.07) is 8.00. The number of aromatic nitrogens is 3. The number of fused-ring (bicyclic) bond motifs is 1. The predicted octanol–water partition coefficient (Wildman–Crippen LogP) is 3.49. The minimum Gasteiger partial charge on any atom is -0.491 e. The largest absolute Gasteiger partial charge is 0.491 e. The molecule has 2 heterocycles. The number of hydrogen-bond acceptors (Lipinski definition) is 3. The van der Waals surface area contributed by atoms with Crippen molar-refractivity contribution in [1.29, 1.82) is 0 Å². The lowest BCUT2D eigenvalue weighted by molar-refractivity contribution is 0.242. The maximum atomic E-state index is 5.73. The van der Waals surface area contributed by atoms with Gasteiger partial charge in [-0.2, -0.15) is 0 Å². The summed E-state index contributed by atoms with van der Waals surface area (Å²) in [7, 11) is 0. The first kappa shape index (κ1) is 12.7. The van der Waals surface area contributed by atoms with Crippen LogP contribution < -0.4 is 4.74 Å². The number of benzene rings is 1. The summed E-state index contributed by atoms with van der Waals surface area (Å²) in [4.78, 5) is 8.76. The van der Waals surface area contributed by atoms with Crippen LogP contribution in [-0.2, 0) is 0 Å². The minimum atomic E-state index is 0.164. The van der Waals surface area contributed by atoms with Gasteiger partial charge in [-0.3, -0.25) is 4.98 Å². The minimum absolute atomic E-state index is 0.164. The zero-order valence-electron chi connectivity index (χ0n) is 11.9. The highest BCUT2D eigenvalue weighted by Gasteiger charge is 2.06. The van der Waals surface area contributed by atoms with Crippen molar-refractivity contribution in [3.05, 3.63) is 48.5 Å². The fourth-order valence-corrected chi connectivity index (χ4v) is 2.16. The molecule has 3 aromatic rings. The van der Waals surface area contributed by atoms with Crippen LogP contribution in [0, 0.1) is 6.92 Å². The van der Waals surface area contributed by atoms with Crippen molar-refractivity contribution in [3.8, 4) is 17.0 Å². The van der Waals surface area contributed by atoms with Crippen LogP contribution in [0.3, 0.4) is 0 Å². The van der Waals surface area contributed by atoms with Crippen molar-refractivity contribution in [2.75, 3.05) is 0 Å². The Morgan fingerprint density at radius 2 is 2.00 bits per heavy atom. The van der Waals surface area contributed by atoms with E-state index in [-0.39, 0.29) is 6.10 Å². The van der Waals surface area contributed by atoms with Crippen molar-refractivity contribution in [3.63, 3.8) is 0 Å². The molecule has 0 aliphatic heterocycles. The Balaban J connectivity index is 2.03. The van der Waals surface area contributed by atoms with E-state index in [0.29, 0.717) is 0 Å². The third-order valence-corrected chi connectivity index (χ3v) is 3.08. The molecule has 0 atom stereocenters. The Labute approximate surface area is 118 Å². The van der Waals surface area contributed by atoms with Crippen LogP contribution in [0.4, 0.5) is 0 Å². The van der Waals surface area contributed by atoms with E-state index in [1.807, 2.05) is 61.8 Å². The number of ether oxygens (including phenoxy) is 1. The SMILES string of the molecule is Cc1cnc2cnc(-c3cccc(OC(C)C)c3)cn12. The molecule has 102 valence electrons. The Bertz CT molecular complexity index is 746. The molecule has 20 heavy (non-hydrogen) atoms. The van der Waals surface area contributed by atoms with Crippen molar-refractivity contribution >= 4 is 5.65 Å². The van der Waals surface area contributed by atoms with Crippen LogP contribution in [-0.4, -0.2) is 20.5 Å². The summed E-state index contributed by atoms with van der Waals surface area (Å²) in [6.07, 6.45) is 5.81. The molecule has 0 bridgehead atoms. The van der Waals surface area contributed by atoms with Crippen molar-refractivity contribution < 1.29 is 4.74 Å². The monoisotopic (exact) mass is 267 g/mol. The van der Waals surface area contributed by atoms with E-state index in [4.69, 9.17) is 4.74 Å². The van der Waals surface area contributed by atoms with Crippen LogP contribution in [0.2, 0.25) is 0 Å². The molecule has 0 aliphatic rings. The molecule has 4 heteroatoms. The Kier molecular flexibility index (Phi) is 3.14. The molecular formula is C16H17N3O. The topological polar surface area (TPSA) is 39.4 Å². The Morgan fingerprint density at radius 1 is 1.15 bits per heavy atom. The number of hydrogen-bond donors (Lipinski definition) is 0. The highest BCUT2D eigenvalue weighted by atomic mass is 16.5. The number of rotatable bonds is 3. The Hall–Kier alpha value is -2.36. The summed E-state index contributed by atoms with van der Waals surface area (Å²) in [6.45, 7) is 6.07. The second-order valence-electron chi connectivity index (χ2n) is 5.09. The molecule has 0 unspecified atom stereocenters. The molecule has 0 saturated carbocycles. The molecule has 0 spiro atoms. The average Bonchev–Trinajstić information content (AvgIpc) is 2.80. The van der Waals surface area contributed by atoms with E-state index in [1.54, 1.807) is 6.20 Å². The van der Waals surface area contributed by atoms with Crippen molar-refractivity contribution in [2.24, 2.45) is 0 Å². The Morgan fingerprint density at radius 3 is 2.80 bits per heavy atom. The summed E-state index contributed by atoms with van der Waals surface area (Å²) in [5.74, 6) is 0.863. The van der Waals surface area contributed by atoms with E-state index in [9.17, 15) is 0 Å². The van der Waals surface area contributed by atoms with Crippen LogP contribution >= 0.6 is 0 Å². The quantitative estimate of drug-likeness (QED) is 0.729. The third kappa shape index (κ3) is 2.37. The number of imidazole rings is 1. The van der Waals surface area contributed by atoms with Crippen LogP contribution in [0.1, 0.15) is 19.5 Å². The normalized spacial score (nSPS) is 11.2. The first-order valence-electron chi connectivity index (χ1n) is 6.70. The second kappa shape index (κ2) is 4.96. The molecule has 0 aliphatic carbocycles. The van der Waals surface area contributed by atoms with Crippen molar-refractivity contribution in [1.82, 2.24) is 14.4 Å². The molecule has 2 aromatic heterocycles. The molecule has 0 fully saturated rings. The van der Waals surface area contributed by atoms with E-state index >= 15 is 0 Å². The van der Waals surface area contributed by atoms with Gasteiger partial charge in [0.1, 0.15) is 5.75 Å². The highest BCUT2D eigenvalue weighted by molar-refractivity contribution is 5.61. The van der Waals surface area contributed by atoms with E-state index < -0.39 is 0 Å². The van der Waals surface area contributed by atoms with Gasteiger partial charge in [-0.15, -0.1) is 0 Å². The van der Waals surface area contributed by atoms with Gasteiger partial charge in [0.2, 0.25) is 0 Å². The van der Waals surface area contributed by atoms with Gasteiger partial charge in [0.05, 0.1) is 18.0 Å². The summed E-state index contributed by atoms with van der Waals surface area (Å²) in [5.41, 5.74) is 3.91. The van der Waals surface area contributed by atoms with Gasteiger partial charge in [0, 0.05) is 23.7 Å². The second-order valence-corrected chi connectivity index (χ2v) is 5.09. The fourth-order valence-electron chi connectivity index (χ4n) is 2.16. The number of nitrogens with zero attached hydrogens (tertiary/aromatic N) is 3. The lowest BCUT2D eigenvalue weighted by Gasteiger charge is -2.11. The standard InChI is InChI=1S/C16H17N3O/c1-11(2)20-14-6-4-5-13(7-14)15-10-19-12(3)8-18-16(19)9-17-15/h4-11H,1-3H3. The summed E-state index contributed by atoms with van der Waals surface area (Å²) in [5, 5.41) is 0. The maximum Gasteiger partial charge on any atom is 0.155 e. The van der Waals surface area contributed by atoms with Gasteiger partial charge in [-0.05, 0) is 32.9 Å². The molecule has 0 saturated heterocycles. The zero-order chi connectivity index (χ0) is 14.1. The van der Waals surface area contributed by atoms with Gasteiger partial charge in [0.15, 0.2) is 5.65 Å².